The van der Waals surface area contributed by atoms with Gasteiger partial charge < -0.3 is 9.64 Å². The molecule has 0 saturated heterocycles. The second-order valence-corrected chi connectivity index (χ2v) is 13.6. The minimum Gasteiger partial charge on any atom is -0.496 e. The van der Waals surface area contributed by atoms with Crippen LogP contribution < -0.4 is 19.6 Å². The second-order valence-electron chi connectivity index (χ2n) is 11.0. The summed E-state index contributed by atoms with van der Waals surface area (Å²) in [5.41, 5.74) is 1.61. The summed E-state index contributed by atoms with van der Waals surface area (Å²) in [7, 11) is 1.57. The maximum Gasteiger partial charge on any atom is 0.271 e. The molecule has 0 bridgehead atoms. The van der Waals surface area contributed by atoms with E-state index in [9.17, 15) is 19.7 Å². The first-order chi connectivity index (χ1) is 23.1. The number of nitrogens with zero attached hydrogens (tertiary/aromatic N) is 4. The summed E-state index contributed by atoms with van der Waals surface area (Å²) in [6, 6.07) is 22.6. The number of halogens is 1. The zero-order valence-corrected chi connectivity index (χ0v) is 29.0. The van der Waals surface area contributed by atoms with Crippen molar-refractivity contribution in [3.63, 3.8) is 0 Å². The fraction of sp³-hybridized carbons (Fsp3) is 0.194. The third-order valence-corrected chi connectivity index (χ3v) is 10.6. The van der Waals surface area contributed by atoms with Gasteiger partial charge in [0, 0.05) is 45.6 Å². The molecule has 1 atom stereocenters. The molecule has 1 aliphatic heterocycles. The SMILES string of the molecule is CCN(CC)C(=O)C1=C(C)N=c2s/c(=C\c3cc([N+](=O)[O-])ccc3Sc3ccc(Cl)cc3)c(=O)n2[C@@H]1c1c(OC)ccc2ccccc12. The van der Waals surface area contributed by atoms with Crippen LogP contribution in [0.1, 0.15) is 37.9 Å². The number of likely N-dealkylation sites (N-methyl/N-ethyl adjacent to an activating group) is 1. The maximum atomic E-state index is 14.6. The summed E-state index contributed by atoms with van der Waals surface area (Å²) in [6.07, 6.45) is 1.66. The highest BCUT2D eigenvalue weighted by Crippen LogP contribution is 2.41. The van der Waals surface area contributed by atoms with Gasteiger partial charge in [0.1, 0.15) is 11.8 Å². The molecule has 0 radical (unpaired) electrons. The van der Waals surface area contributed by atoms with Crippen molar-refractivity contribution in [2.45, 2.75) is 36.6 Å². The normalized spacial score (nSPS) is 14.5. The number of aromatic nitrogens is 1. The standard InChI is InChI=1S/C36H31ClN4O5S2/c1-5-39(6-2)35(43)31-21(3)38-36-40(33(31)32-27-10-8-7-9-22(27)11-17-28(32)46-4)34(42)30(48-36)20-23-19-25(41(44)45)14-18-29(23)47-26-15-12-24(37)13-16-26/h7-20,33H,5-6H2,1-4H3/b30-20-/t33-/m0/s1. The Morgan fingerprint density at radius 2 is 1.83 bits per heavy atom. The number of ether oxygens (including phenoxy) is 1. The summed E-state index contributed by atoms with van der Waals surface area (Å²) in [4.78, 5) is 48.7. The Kier molecular flexibility index (Phi) is 9.54. The molecule has 0 aliphatic carbocycles. The van der Waals surface area contributed by atoms with Crippen LogP contribution >= 0.6 is 34.7 Å². The van der Waals surface area contributed by atoms with E-state index in [0.717, 1.165) is 20.6 Å². The number of benzene rings is 4. The number of non-ortho nitro benzene ring substituents is 1. The molecule has 244 valence electrons. The lowest BCUT2D eigenvalue weighted by Gasteiger charge is -2.30. The van der Waals surface area contributed by atoms with Gasteiger partial charge in [0.05, 0.1) is 27.8 Å². The predicted octanol–water partition coefficient (Wildman–Crippen LogP) is 6.98. The van der Waals surface area contributed by atoms with E-state index in [4.69, 9.17) is 21.3 Å². The summed E-state index contributed by atoms with van der Waals surface area (Å²) in [5.74, 6) is 0.323. The third-order valence-electron chi connectivity index (χ3n) is 8.26. The Balaban J connectivity index is 1.62. The molecule has 5 aromatic rings. The van der Waals surface area contributed by atoms with Gasteiger partial charge >= 0.3 is 0 Å². The molecule has 1 amide bonds. The van der Waals surface area contributed by atoms with Crippen LogP contribution in [0.4, 0.5) is 5.69 Å². The van der Waals surface area contributed by atoms with Crippen molar-refractivity contribution < 1.29 is 14.5 Å². The average molecular weight is 699 g/mol. The number of nitro benzene ring substituents is 1. The lowest BCUT2D eigenvalue weighted by atomic mass is 9.90. The fourth-order valence-electron chi connectivity index (χ4n) is 5.91. The van der Waals surface area contributed by atoms with Gasteiger partial charge in [0.15, 0.2) is 4.80 Å². The summed E-state index contributed by atoms with van der Waals surface area (Å²) >= 11 is 8.67. The number of thiazole rings is 1. The molecular weight excluding hydrogens is 668 g/mol. The fourth-order valence-corrected chi connectivity index (χ4v) is 7.97. The van der Waals surface area contributed by atoms with Gasteiger partial charge in [-0.2, -0.15) is 0 Å². The van der Waals surface area contributed by atoms with Gasteiger partial charge in [-0.1, -0.05) is 65.0 Å². The minimum absolute atomic E-state index is 0.101. The lowest BCUT2D eigenvalue weighted by Crippen LogP contribution is -2.43. The highest BCUT2D eigenvalue weighted by Gasteiger charge is 2.36. The highest BCUT2D eigenvalue weighted by atomic mass is 35.5. The van der Waals surface area contributed by atoms with Gasteiger partial charge in [-0.05, 0) is 79.6 Å². The van der Waals surface area contributed by atoms with Crippen LogP contribution in [0, 0.1) is 10.1 Å². The predicted molar refractivity (Wildman–Crippen MR) is 191 cm³/mol. The van der Waals surface area contributed by atoms with Crippen molar-refractivity contribution in [1.29, 1.82) is 0 Å². The number of hydrogen-bond donors (Lipinski definition) is 0. The van der Waals surface area contributed by atoms with Crippen LogP contribution in [0.15, 0.2) is 110 Å². The Labute approximate surface area is 289 Å². The Morgan fingerprint density at radius 1 is 1.10 bits per heavy atom. The minimum atomic E-state index is -0.842. The van der Waals surface area contributed by atoms with Crippen LogP contribution in [-0.2, 0) is 4.79 Å². The summed E-state index contributed by atoms with van der Waals surface area (Å²) < 4.78 is 7.77. The van der Waals surface area contributed by atoms with Crippen molar-refractivity contribution in [1.82, 2.24) is 9.47 Å². The highest BCUT2D eigenvalue weighted by molar-refractivity contribution is 7.99. The van der Waals surface area contributed by atoms with E-state index in [1.165, 1.54) is 35.2 Å². The number of methoxy groups -OCH3 is 1. The number of rotatable bonds is 9. The van der Waals surface area contributed by atoms with Gasteiger partial charge in [-0.3, -0.25) is 24.3 Å². The van der Waals surface area contributed by atoms with Crippen LogP contribution in [0.25, 0.3) is 16.8 Å². The van der Waals surface area contributed by atoms with E-state index >= 15 is 0 Å². The monoisotopic (exact) mass is 698 g/mol. The Morgan fingerprint density at radius 3 is 2.52 bits per heavy atom. The van der Waals surface area contributed by atoms with E-state index in [1.54, 1.807) is 47.8 Å². The zero-order chi connectivity index (χ0) is 34.1. The smallest absolute Gasteiger partial charge is 0.271 e. The van der Waals surface area contributed by atoms with E-state index < -0.39 is 11.0 Å². The summed E-state index contributed by atoms with van der Waals surface area (Å²) in [5, 5.41) is 14.2. The topological polar surface area (TPSA) is 107 Å². The molecule has 12 heteroatoms. The van der Waals surface area contributed by atoms with Crippen LogP contribution in [0.2, 0.25) is 5.02 Å². The van der Waals surface area contributed by atoms with Crippen LogP contribution in [-0.4, -0.2) is 40.5 Å². The first kappa shape index (κ1) is 33.2. The number of carbonyl (C=O) groups is 1. The molecule has 2 heterocycles. The number of hydrogen-bond acceptors (Lipinski definition) is 8. The number of nitro groups is 1. The van der Waals surface area contributed by atoms with Crippen molar-refractivity contribution in [2.75, 3.05) is 20.2 Å². The molecule has 0 spiro atoms. The lowest BCUT2D eigenvalue weighted by molar-refractivity contribution is -0.384. The number of allylic oxidation sites excluding steroid dienone is 1. The molecule has 1 aliphatic rings. The molecule has 0 saturated carbocycles. The number of fused-ring (bicyclic) bond motifs is 2. The molecule has 48 heavy (non-hydrogen) atoms. The molecule has 4 aromatic carbocycles. The molecular formula is C36H31ClN4O5S2. The van der Waals surface area contributed by atoms with Gasteiger partial charge in [0.25, 0.3) is 17.2 Å². The average Bonchev–Trinajstić information content (AvgIpc) is 3.39. The second kappa shape index (κ2) is 13.8. The quantitative estimate of drug-likeness (QED) is 0.122. The third kappa shape index (κ3) is 6.16. The van der Waals surface area contributed by atoms with E-state index in [0.29, 0.717) is 55.6 Å². The number of carbonyl (C=O) groups excluding carboxylic acids is 1. The molecule has 0 fully saturated rings. The molecule has 1 aromatic heterocycles. The zero-order valence-electron chi connectivity index (χ0n) is 26.6. The largest absolute Gasteiger partial charge is 0.496 e. The van der Waals surface area contributed by atoms with E-state index in [-0.39, 0.29) is 17.2 Å². The van der Waals surface area contributed by atoms with Gasteiger partial charge in [-0.15, -0.1) is 0 Å². The molecule has 0 N–H and O–H groups in total. The number of amides is 1. The van der Waals surface area contributed by atoms with Gasteiger partial charge in [0.2, 0.25) is 0 Å². The van der Waals surface area contributed by atoms with Crippen molar-refractivity contribution >= 4 is 63.1 Å². The van der Waals surface area contributed by atoms with Crippen molar-refractivity contribution in [3.8, 4) is 5.75 Å². The van der Waals surface area contributed by atoms with Crippen LogP contribution in [0.5, 0.6) is 5.75 Å². The Hall–Kier alpha value is -4.71. The van der Waals surface area contributed by atoms with Crippen LogP contribution in [0.3, 0.4) is 0 Å². The van der Waals surface area contributed by atoms with Gasteiger partial charge in [-0.25, -0.2) is 4.99 Å². The van der Waals surface area contributed by atoms with Crippen molar-refractivity contribution in [3.05, 3.63) is 136 Å². The summed E-state index contributed by atoms with van der Waals surface area (Å²) in [6.45, 7) is 6.59. The molecule has 0 unspecified atom stereocenters. The van der Waals surface area contributed by atoms with Crippen molar-refractivity contribution in [2.24, 2.45) is 4.99 Å². The Bertz CT molecular complexity index is 2290. The van der Waals surface area contributed by atoms with E-state index in [2.05, 4.69) is 0 Å². The molecule has 9 nitrogen and oxygen atoms in total. The first-order valence-electron chi connectivity index (χ1n) is 15.2. The van der Waals surface area contributed by atoms with E-state index in [1.807, 2.05) is 62.4 Å². The molecule has 6 rings (SSSR count). The maximum absolute atomic E-state index is 14.6. The first-order valence-corrected chi connectivity index (χ1v) is 17.3.